The van der Waals surface area contributed by atoms with Crippen LogP contribution in [-0.2, 0) is 32.7 Å². The SMILES string of the molecule is CCCCCCCCC/C=C\CCCCCCCCCC(=O)OC(COC(=O)CCCCCCCCCCCCCCCCCCCCCCCCCCCCCCCC)COP(=O)(O)OCC[N+](C)(C)C. The standard InChI is InChI=1S/C62H122NO8P/c1-6-8-10-12-14-16-18-20-22-24-26-27-28-29-30-31-32-33-34-35-36-37-39-40-42-44-46-48-50-52-54-61(64)68-58-60(59-70-72(66,67)69-57-56-63(3,4)5)71-62(65)55-53-51-49-47-45-43-41-38-25-23-21-19-17-15-13-11-9-7-2/h23,25,60H,6-22,24,26-59H2,1-5H3/p+1/b25-23-. The summed E-state index contributed by atoms with van der Waals surface area (Å²) >= 11 is 0. The molecule has 0 aromatic carbocycles. The van der Waals surface area contributed by atoms with Crippen LogP contribution in [0, 0.1) is 0 Å². The van der Waals surface area contributed by atoms with E-state index < -0.39 is 26.5 Å². The number of allylic oxidation sites excluding steroid dienone is 2. The lowest BCUT2D eigenvalue weighted by molar-refractivity contribution is -0.870. The lowest BCUT2D eigenvalue weighted by Crippen LogP contribution is -2.37. The van der Waals surface area contributed by atoms with Crippen molar-refractivity contribution in [1.82, 2.24) is 0 Å². The van der Waals surface area contributed by atoms with E-state index in [-0.39, 0.29) is 25.6 Å². The van der Waals surface area contributed by atoms with Crippen LogP contribution in [0.1, 0.15) is 322 Å². The number of ether oxygens (including phenoxy) is 2. The van der Waals surface area contributed by atoms with Crippen molar-refractivity contribution in [1.29, 1.82) is 0 Å². The first kappa shape index (κ1) is 70.8. The average Bonchev–Trinajstić information content (AvgIpc) is 3.34. The molecule has 0 aliphatic carbocycles. The molecule has 0 aromatic heterocycles. The molecule has 0 spiro atoms. The molecule has 0 aliphatic rings. The number of quaternary nitrogens is 1. The number of hydrogen-bond acceptors (Lipinski definition) is 7. The number of carbonyl (C=O) groups is 2. The largest absolute Gasteiger partial charge is 0.472 e. The van der Waals surface area contributed by atoms with E-state index >= 15 is 0 Å². The summed E-state index contributed by atoms with van der Waals surface area (Å²) in [6, 6.07) is 0. The van der Waals surface area contributed by atoms with E-state index in [9.17, 15) is 19.0 Å². The number of hydrogen-bond donors (Lipinski definition) is 1. The van der Waals surface area contributed by atoms with Crippen LogP contribution < -0.4 is 0 Å². The van der Waals surface area contributed by atoms with Gasteiger partial charge in [0.2, 0.25) is 0 Å². The van der Waals surface area contributed by atoms with Gasteiger partial charge in [-0.05, 0) is 38.5 Å². The fourth-order valence-corrected chi connectivity index (χ4v) is 10.2. The highest BCUT2D eigenvalue weighted by atomic mass is 31.2. The van der Waals surface area contributed by atoms with Crippen molar-refractivity contribution < 1.29 is 42.1 Å². The molecule has 0 fully saturated rings. The zero-order valence-electron chi connectivity index (χ0n) is 48.7. The van der Waals surface area contributed by atoms with Crippen molar-refractivity contribution in [3.05, 3.63) is 12.2 Å². The Labute approximate surface area is 447 Å². The van der Waals surface area contributed by atoms with E-state index in [0.717, 1.165) is 44.9 Å². The Morgan fingerprint density at radius 1 is 0.417 bits per heavy atom. The molecule has 0 saturated heterocycles. The third-order valence-electron chi connectivity index (χ3n) is 14.3. The van der Waals surface area contributed by atoms with Crippen LogP contribution in [0.2, 0.25) is 0 Å². The normalized spacial score (nSPS) is 13.2. The number of phosphoric acid groups is 1. The Hall–Kier alpha value is -1.25. The first-order valence-corrected chi connectivity index (χ1v) is 32.9. The third kappa shape index (κ3) is 58.0. The lowest BCUT2D eigenvalue weighted by Gasteiger charge is -2.24. The predicted octanol–water partition coefficient (Wildman–Crippen LogP) is 19.6. The summed E-state index contributed by atoms with van der Waals surface area (Å²) in [7, 11) is 1.49. The quantitative estimate of drug-likeness (QED) is 0.0211. The molecule has 2 unspecified atom stereocenters. The Kier molecular flexibility index (Phi) is 53.6. The van der Waals surface area contributed by atoms with Gasteiger partial charge in [0.05, 0.1) is 27.7 Å². The van der Waals surface area contributed by atoms with Gasteiger partial charge in [-0.3, -0.25) is 18.6 Å². The van der Waals surface area contributed by atoms with Gasteiger partial charge in [0, 0.05) is 12.8 Å². The van der Waals surface area contributed by atoms with E-state index in [0.29, 0.717) is 23.9 Å². The number of unbranched alkanes of at least 4 members (excludes halogenated alkanes) is 43. The maximum atomic E-state index is 12.8. The summed E-state index contributed by atoms with van der Waals surface area (Å²) in [6.07, 6.45) is 64.5. The molecule has 0 radical (unpaired) electrons. The summed E-state index contributed by atoms with van der Waals surface area (Å²) in [5.74, 6) is -0.783. The molecule has 0 saturated carbocycles. The smallest absolute Gasteiger partial charge is 0.462 e. The number of nitrogens with zero attached hydrogens (tertiary/aromatic N) is 1. The summed E-state index contributed by atoms with van der Waals surface area (Å²) in [5.41, 5.74) is 0. The maximum Gasteiger partial charge on any atom is 0.472 e. The summed E-state index contributed by atoms with van der Waals surface area (Å²) in [4.78, 5) is 35.7. The number of phosphoric ester groups is 1. The van der Waals surface area contributed by atoms with Gasteiger partial charge >= 0.3 is 19.8 Å². The molecule has 2 atom stereocenters. The third-order valence-corrected chi connectivity index (χ3v) is 15.3. The monoisotopic (exact) mass is 1040 g/mol. The fourth-order valence-electron chi connectivity index (χ4n) is 9.43. The second-order valence-corrected chi connectivity index (χ2v) is 24.3. The zero-order chi connectivity index (χ0) is 52.7. The Morgan fingerprint density at radius 2 is 0.708 bits per heavy atom. The molecule has 428 valence electrons. The molecule has 0 rings (SSSR count). The van der Waals surface area contributed by atoms with Crippen LogP contribution in [0.3, 0.4) is 0 Å². The fraction of sp³-hybridized carbons (Fsp3) is 0.935. The number of likely N-dealkylation sites (N-methyl/N-ethyl adjacent to an activating group) is 1. The highest BCUT2D eigenvalue weighted by Gasteiger charge is 2.27. The van der Waals surface area contributed by atoms with Crippen LogP contribution in [0.25, 0.3) is 0 Å². The van der Waals surface area contributed by atoms with Gasteiger partial charge in [-0.2, -0.15) is 0 Å². The van der Waals surface area contributed by atoms with Crippen LogP contribution in [0.5, 0.6) is 0 Å². The van der Waals surface area contributed by atoms with Gasteiger partial charge < -0.3 is 18.9 Å². The topological polar surface area (TPSA) is 108 Å². The minimum Gasteiger partial charge on any atom is -0.462 e. The number of esters is 2. The van der Waals surface area contributed by atoms with Crippen LogP contribution in [0.15, 0.2) is 12.2 Å². The second-order valence-electron chi connectivity index (χ2n) is 22.8. The molecular formula is C62H123NO8P+. The highest BCUT2D eigenvalue weighted by molar-refractivity contribution is 7.47. The van der Waals surface area contributed by atoms with Crippen LogP contribution in [0.4, 0.5) is 0 Å². The lowest BCUT2D eigenvalue weighted by atomic mass is 10.0. The summed E-state index contributed by atoms with van der Waals surface area (Å²) in [5, 5.41) is 0. The zero-order valence-corrected chi connectivity index (χ0v) is 49.6. The summed E-state index contributed by atoms with van der Waals surface area (Å²) < 4.78 is 34.6. The van der Waals surface area contributed by atoms with Crippen molar-refractivity contribution in [2.45, 2.75) is 328 Å². The number of carbonyl (C=O) groups excluding carboxylic acids is 2. The average molecular weight is 1040 g/mol. The van der Waals surface area contributed by atoms with Gasteiger partial charge in [-0.1, -0.05) is 283 Å². The van der Waals surface area contributed by atoms with Gasteiger partial charge in [-0.15, -0.1) is 0 Å². The van der Waals surface area contributed by atoms with Gasteiger partial charge in [0.1, 0.15) is 19.8 Å². The maximum absolute atomic E-state index is 12.8. The van der Waals surface area contributed by atoms with E-state index in [4.69, 9.17) is 18.5 Å². The first-order valence-electron chi connectivity index (χ1n) is 31.4. The van der Waals surface area contributed by atoms with Crippen molar-refractivity contribution >= 4 is 19.8 Å². The minimum atomic E-state index is -4.38. The van der Waals surface area contributed by atoms with Gasteiger partial charge in [-0.25, -0.2) is 4.57 Å². The molecule has 10 heteroatoms. The molecule has 72 heavy (non-hydrogen) atoms. The molecule has 0 heterocycles. The summed E-state index contributed by atoms with van der Waals surface area (Å²) in [6.45, 7) is 4.49. The molecule has 0 aromatic rings. The van der Waals surface area contributed by atoms with E-state index in [2.05, 4.69) is 26.0 Å². The molecular weight excluding hydrogens is 918 g/mol. The predicted molar refractivity (Wildman–Crippen MR) is 308 cm³/mol. The van der Waals surface area contributed by atoms with Crippen LogP contribution in [-0.4, -0.2) is 74.9 Å². The number of rotatable bonds is 59. The molecule has 0 bridgehead atoms. The van der Waals surface area contributed by atoms with E-state index in [1.165, 1.54) is 244 Å². The van der Waals surface area contributed by atoms with Gasteiger partial charge in [0.15, 0.2) is 6.10 Å². The van der Waals surface area contributed by atoms with Crippen molar-refractivity contribution in [2.24, 2.45) is 0 Å². The molecule has 0 amide bonds. The van der Waals surface area contributed by atoms with Gasteiger partial charge in [0.25, 0.3) is 0 Å². The van der Waals surface area contributed by atoms with Crippen LogP contribution >= 0.6 is 7.82 Å². The molecule has 9 nitrogen and oxygen atoms in total. The molecule has 0 aliphatic heterocycles. The molecule has 1 N–H and O–H groups in total. The van der Waals surface area contributed by atoms with Crippen molar-refractivity contribution in [3.8, 4) is 0 Å². The van der Waals surface area contributed by atoms with Crippen molar-refractivity contribution in [3.63, 3.8) is 0 Å². The Bertz CT molecular complexity index is 1220. The first-order chi connectivity index (χ1) is 35.0. The Balaban J connectivity index is 4.00. The minimum absolute atomic E-state index is 0.0345. The van der Waals surface area contributed by atoms with Crippen molar-refractivity contribution in [2.75, 3.05) is 47.5 Å². The second kappa shape index (κ2) is 54.5. The highest BCUT2D eigenvalue weighted by Crippen LogP contribution is 2.43. The van der Waals surface area contributed by atoms with E-state index in [1.807, 2.05) is 21.1 Å². The van der Waals surface area contributed by atoms with E-state index in [1.54, 1.807) is 0 Å². The Morgan fingerprint density at radius 3 is 1.03 bits per heavy atom.